The molecule has 0 aliphatic carbocycles. The number of rotatable bonds is 5. The number of hydrogen-bond donors (Lipinski definition) is 1. The van der Waals surface area contributed by atoms with Gasteiger partial charge in [0, 0.05) is 27.2 Å². The lowest BCUT2D eigenvalue weighted by Gasteiger charge is -2.16. The smallest absolute Gasteiger partial charge is 0.259 e. The quantitative estimate of drug-likeness (QED) is 0.726. The highest BCUT2D eigenvalue weighted by Gasteiger charge is 2.22. The van der Waals surface area contributed by atoms with Crippen molar-refractivity contribution in [3.05, 3.63) is 12.3 Å². The summed E-state index contributed by atoms with van der Waals surface area (Å²) >= 11 is 0. The van der Waals surface area contributed by atoms with Crippen LogP contribution < -0.4 is 5.32 Å². The number of aromatic nitrogens is 2. The van der Waals surface area contributed by atoms with E-state index in [1.165, 1.54) is 21.3 Å². The molecule has 0 saturated carbocycles. The number of nitrogens with one attached hydrogen (secondary N) is 1. The van der Waals surface area contributed by atoms with Gasteiger partial charge in [0.15, 0.2) is 5.03 Å². The first kappa shape index (κ1) is 12.2. The van der Waals surface area contributed by atoms with Crippen molar-refractivity contribution >= 4 is 10.0 Å². The van der Waals surface area contributed by atoms with Gasteiger partial charge >= 0.3 is 0 Å². The van der Waals surface area contributed by atoms with Crippen LogP contribution in [0.5, 0.6) is 0 Å². The molecule has 0 saturated heterocycles. The fraction of sp³-hybridized carbons (Fsp3) is 0.625. The van der Waals surface area contributed by atoms with Crippen LogP contribution in [0.25, 0.3) is 0 Å². The van der Waals surface area contributed by atoms with Crippen molar-refractivity contribution in [2.75, 3.05) is 27.2 Å². The molecular weight excluding hydrogens is 216 g/mol. The van der Waals surface area contributed by atoms with Gasteiger partial charge in [0.2, 0.25) is 0 Å². The fourth-order valence-corrected chi connectivity index (χ4v) is 2.43. The largest absolute Gasteiger partial charge is 0.318 e. The van der Waals surface area contributed by atoms with E-state index in [2.05, 4.69) is 10.4 Å². The third-order valence-electron chi connectivity index (χ3n) is 2.13. The standard InChI is InChI=1S/C8H16N4O2S/c1-9-6-7-11(2)15(13,14)8-4-5-10-12(8)3/h4-5,9H,6-7H2,1-3H3. The third-order valence-corrected chi connectivity index (χ3v) is 4.06. The molecule has 1 rings (SSSR count). The molecule has 0 bridgehead atoms. The summed E-state index contributed by atoms with van der Waals surface area (Å²) in [6.45, 7) is 1.05. The lowest BCUT2D eigenvalue weighted by Crippen LogP contribution is -2.33. The molecule has 6 nitrogen and oxygen atoms in total. The topological polar surface area (TPSA) is 67.2 Å². The zero-order valence-electron chi connectivity index (χ0n) is 9.14. The van der Waals surface area contributed by atoms with E-state index in [1.54, 1.807) is 21.1 Å². The van der Waals surface area contributed by atoms with Crippen LogP contribution in [0.4, 0.5) is 0 Å². The van der Waals surface area contributed by atoms with Crippen LogP contribution in [0, 0.1) is 0 Å². The normalized spacial score (nSPS) is 12.3. The zero-order valence-corrected chi connectivity index (χ0v) is 9.95. The van der Waals surface area contributed by atoms with Crippen LogP contribution in [0.1, 0.15) is 0 Å². The third kappa shape index (κ3) is 2.55. The van der Waals surface area contributed by atoms with Gasteiger partial charge in [-0.2, -0.15) is 9.40 Å². The van der Waals surface area contributed by atoms with E-state index in [0.29, 0.717) is 13.1 Å². The summed E-state index contributed by atoms with van der Waals surface area (Å²) in [6.07, 6.45) is 1.47. The van der Waals surface area contributed by atoms with E-state index >= 15 is 0 Å². The van der Waals surface area contributed by atoms with Crippen LogP contribution >= 0.6 is 0 Å². The van der Waals surface area contributed by atoms with Crippen molar-refractivity contribution in [2.24, 2.45) is 7.05 Å². The van der Waals surface area contributed by atoms with Crippen LogP contribution in [-0.2, 0) is 17.1 Å². The fourth-order valence-electron chi connectivity index (χ4n) is 1.16. The molecule has 86 valence electrons. The average molecular weight is 232 g/mol. The van der Waals surface area contributed by atoms with E-state index in [9.17, 15) is 8.42 Å². The van der Waals surface area contributed by atoms with Crippen molar-refractivity contribution < 1.29 is 8.42 Å². The monoisotopic (exact) mass is 232 g/mol. The lowest BCUT2D eigenvalue weighted by molar-refractivity contribution is 0.457. The van der Waals surface area contributed by atoms with E-state index in [-0.39, 0.29) is 5.03 Å². The first-order valence-electron chi connectivity index (χ1n) is 4.59. The molecule has 0 fully saturated rings. The Morgan fingerprint density at radius 3 is 2.73 bits per heavy atom. The van der Waals surface area contributed by atoms with Gasteiger partial charge in [0.25, 0.3) is 10.0 Å². The molecule has 0 spiro atoms. The van der Waals surface area contributed by atoms with Crippen LogP contribution in [-0.4, -0.2) is 49.7 Å². The molecule has 0 amide bonds. The minimum absolute atomic E-state index is 0.209. The van der Waals surface area contributed by atoms with E-state index < -0.39 is 10.0 Å². The summed E-state index contributed by atoms with van der Waals surface area (Å²) in [5, 5.41) is 6.95. The molecule has 0 aliphatic heterocycles. The Morgan fingerprint density at radius 2 is 2.27 bits per heavy atom. The Labute approximate surface area is 89.9 Å². The molecule has 1 N–H and O–H groups in total. The summed E-state index contributed by atoms with van der Waals surface area (Å²) in [7, 11) is 1.54. The molecule has 1 heterocycles. The van der Waals surface area contributed by atoms with Gasteiger partial charge in [-0.1, -0.05) is 0 Å². The Morgan fingerprint density at radius 1 is 1.60 bits per heavy atom. The lowest BCUT2D eigenvalue weighted by atomic mass is 10.6. The van der Waals surface area contributed by atoms with Crippen molar-refractivity contribution in [1.82, 2.24) is 19.4 Å². The minimum atomic E-state index is -3.40. The zero-order chi connectivity index (χ0) is 11.5. The van der Waals surface area contributed by atoms with Gasteiger partial charge in [-0.15, -0.1) is 0 Å². The molecule has 1 aromatic rings. The Bertz CT molecular complexity index is 412. The molecule has 7 heteroatoms. The SMILES string of the molecule is CNCCN(C)S(=O)(=O)c1ccnn1C. The van der Waals surface area contributed by atoms with Crippen LogP contribution in [0.2, 0.25) is 0 Å². The van der Waals surface area contributed by atoms with Crippen molar-refractivity contribution in [3.8, 4) is 0 Å². The molecule has 0 atom stereocenters. The van der Waals surface area contributed by atoms with Gasteiger partial charge in [0.1, 0.15) is 0 Å². The van der Waals surface area contributed by atoms with E-state index in [1.807, 2.05) is 0 Å². The summed E-state index contributed by atoms with van der Waals surface area (Å²) in [5.74, 6) is 0. The Hall–Kier alpha value is -0.920. The van der Waals surface area contributed by atoms with Gasteiger partial charge in [-0.25, -0.2) is 8.42 Å². The molecule has 0 unspecified atom stereocenters. The summed E-state index contributed by atoms with van der Waals surface area (Å²) in [6, 6.07) is 1.49. The van der Waals surface area contributed by atoms with Gasteiger partial charge < -0.3 is 5.32 Å². The number of sulfonamides is 1. The highest BCUT2D eigenvalue weighted by atomic mass is 32.2. The van der Waals surface area contributed by atoms with Crippen molar-refractivity contribution in [3.63, 3.8) is 0 Å². The van der Waals surface area contributed by atoms with Crippen molar-refractivity contribution in [1.29, 1.82) is 0 Å². The minimum Gasteiger partial charge on any atom is -0.318 e. The second-order valence-electron chi connectivity index (χ2n) is 3.22. The van der Waals surface area contributed by atoms with E-state index in [4.69, 9.17) is 0 Å². The maximum Gasteiger partial charge on any atom is 0.259 e. The molecule has 0 aliphatic rings. The second kappa shape index (κ2) is 4.73. The maximum absolute atomic E-state index is 12.0. The molecule has 15 heavy (non-hydrogen) atoms. The summed E-state index contributed by atoms with van der Waals surface area (Å²) < 4.78 is 26.6. The molecule has 0 radical (unpaired) electrons. The Balaban J connectivity index is 2.88. The highest BCUT2D eigenvalue weighted by molar-refractivity contribution is 7.89. The maximum atomic E-state index is 12.0. The second-order valence-corrected chi connectivity index (χ2v) is 5.21. The average Bonchev–Trinajstić information content (AvgIpc) is 2.61. The predicted molar refractivity (Wildman–Crippen MR) is 57.0 cm³/mol. The van der Waals surface area contributed by atoms with Crippen LogP contribution in [0.3, 0.4) is 0 Å². The molecule has 1 aromatic heterocycles. The van der Waals surface area contributed by atoms with Crippen molar-refractivity contribution in [2.45, 2.75) is 5.03 Å². The van der Waals surface area contributed by atoms with Gasteiger partial charge in [0.05, 0.1) is 6.20 Å². The number of hydrogen-bond acceptors (Lipinski definition) is 4. The highest BCUT2D eigenvalue weighted by Crippen LogP contribution is 2.11. The predicted octanol–water partition coefficient (Wildman–Crippen LogP) is -0.740. The van der Waals surface area contributed by atoms with Gasteiger partial charge in [-0.3, -0.25) is 4.68 Å². The number of likely N-dealkylation sites (N-methyl/N-ethyl adjacent to an activating group) is 2. The molecular formula is C8H16N4O2S. The summed E-state index contributed by atoms with van der Waals surface area (Å²) in [4.78, 5) is 0. The summed E-state index contributed by atoms with van der Waals surface area (Å²) in [5.41, 5.74) is 0. The van der Waals surface area contributed by atoms with E-state index in [0.717, 1.165) is 0 Å². The molecule has 0 aromatic carbocycles. The number of nitrogens with zero attached hydrogens (tertiary/aromatic N) is 3. The first-order chi connectivity index (χ1) is 7.00. The van der Waals surface area contributed by atoms with Gasteiger partial charge in [-0.05, 0) is 13.1 Å². The van der Waals surface area contributed by atoms with Crippen LogP contribution in [0.15, 0.2) is 17.3 Å². The Kier molecular flexibility index (Phi) is 3.83. The first-order valence-corrected chi connectivity index (χ1v) is 6.03. The number of aryl methyl sites for hydroxylation is 1.